The summed E-state index contributed by atoms with van der Waals surface area (Å²) in [6, 6.07) is 0. The van der Waals surface area contributed by atoms with Crippen LogP contribution in [0.1, 0.15) is 11.4 Å². The van der Waals surface area contributed by atoms with Crippen molar-refractivity contribution in [2.75, 3.05) is 5.73 Å². The third kappa shape index (κ3) is 1.37. The van der Waals surface area contributed by atoms with Gasteiger partial charge < -0.3 is 10.3 Å². The number of hydrogen-bond acceptors (Lipinski definition) is 5. The van der Waals surface area contributed by atoms with Crippen molar-refractivity contribution in [2.24, 2.45) is 0 Å². The van der Waals surface area contributed by atoms with Crippen LogP contribution in [0.3, 0.4) is 0 Å². The predicted molar refractivity (Wildman–Crippen MR) is 44.8 cm³/mol. The van der Waals surface area contributed by atoms with Gasteiger partial charge in [-0.3, -0.25) is 0 Å². The van der Waals surface area contributed by atoms with Crippen molar-refractivity contribution < 1.29 is 4.63 Å². The molecule has 2 N–H and O–H groups in total. The van der Waals surface area contributed by atoms with Gasteiger partial charge in [0, 0.05) is 12.4 Å². The topological polar surface area (TPSA) is 82.8 Å². The molecule has 0 radical (unpaired) electrons. The monoisotopic (exact) mass is 179 g/mol. The van der Waals surface area contributed by atoms with Gasteiger partial charge in [0.1, 0.15) is 11.4 Å². The first-order valence-corrected chi connectivity index (χ1v) is 3.82. The van der Waals surface area contributed by atoms with E-state index < -0.39 is 0 Å². The van der Waals surface area contributed by atoms with Crippen molar-refractivity contribution in [3.8, 4) is 0 Å². The predicted octanol–water partition coefficient (Wildman–Crippen LogP) is 0.205. The van der Waals surface area contributed by atoms with Gasteiger partial charge in [-0.05, 0) is 6.92 Å². The molecule has 2 aromatic heterocycles. The zero-order chi connectivity index (χ0) is 9.26. The summed E-state index contributed by atoms with van der Waals surface area (Å²) in [5, 5.41) is 7.41. The highest BCUT2D eigenvalue weighted by atomic mass is 16.6. The minimum Gasteiger partial charge on any atom is -0.369 e. The van der Waals surface area contributed by atoms with Crippen molar-refractivity contribution in [2.45, 2.75) is 13.5 Å². The Kier molecular flexibility index (Phi) is 1.73. The summed E-state index contributed by atoms with van der Waals surface area (Å²) in [7, 11) is 0. The summed E-state index contributed by atoms with van der Waals surface area (Å²) < 4.78 is 6.33. The molecule has 0 fully saturated rings. The van der Waals surface area contributed by atoms with E-state index in [0.29, 0.717) is 12.5 Å². The Bertz CT molecular complexity index is 366. The third-order valence-electron chi connectivity index (χ3n) is 1.81. The minimum absolute atomic E-state index is 0.461. The van der Waals surface area contributed by atoms with Crippen LogP contribution in [0.25, 0.3) is 0 Å². The van der Waals surface area contributed by atoms with Crippen LogP contribution in [0.4, 0.5) is 5.95 Å². The smallest absolute Gasteiger partial charge is 0.200 e. The summed E-state index contributed by atoms with van der Waals surface area (Å²) in [6.07, 6.45) is 3.42. The van der Waals surface area contributed by atoms with Crippen LogP contribution in [0.5, 0.6) is 0 Å². The second-order valence-electron chi connectivity index (χ2n) is 2.71. The fourth-order valence-corrected chi connectivity index (χ4v) is 1.03. The molecule has 6 nitrogen and oxygen atoms in total. The Balaban J connectivity index is 2.24. The van der Waals surface area contributed by atoms with E-state index in [-0.39, 0.29) is 0 Å². The molecule has 0 aliphatic rings. The fraction of sp³-hybridized carbons (Fsp3) is 0.286. The molecule has 2 aromatic rings. The van der Waals surface area contributed by atoms with Crippen LogP contribution in [0.15, 0.2) is 17.0 Å². The van der Waals surface area contributed by atoms with Gasteiger partial charge in [0.05, 0.1) is 6.54 Å². The largest absolute Gasteiger partial charge is 0.369 e. The lowest BCUT2D eigenvalue weighted by molar-refractivity contribution is 0.300. The summed E-state index contributed by atoms with van der Waals surface area (Å²) in [6.45, 7) is 2.38. The second-order valence-corrected chi connectivity index (χ2v) is 2.71. The lowest BCUT2D eigenvalue weighted by Crippen LogP contribution is -2.04. The van der Waals surface area contributed by atoms with Crippen molar-refractivity contribution in [3.63, 3.8) is 0 Å². The van der Waals surface area contributed by atoms with E-state index in [1.54, 1.807) is 17.0 Å². The molecular weight excluding hydrogens is 170 g/mol. The van der Waals surface area contributed by atoms with E-state index >= 15 is 0 Å². The lowest BCUT2D eigenvalue weighted by Gasteiger charge is -1.99. The number of rotatable bonds is 2. The van der Waals surface area contributed by atoms with E-state index in [0.717, 1.165) is 11.4 Å². The van der Waals surface area contributed by atoms with Gasteiger partial charge in [0.2, 0.25) is 0 Å². The van der Waals surface area contributed by atoms with Crippen LogP contribution in [0.2, 0.25) is 0 Å². The normalized spacial score (nSPS) is 10.5. The first kappa shape index (κ1) is 7.78. The average Bonchev–Trinajstić information content (AvgIpc) is 2.65. The highest BCUT2D eigenvalue weighted by molar-refractivity contribution is 5.19. The number of aromatic nitrogens is 4. The van der Waals surface area contributed by atoms with E-state index in [1.165, 1.54) is 0 Å². The molecule has 0 unspecified atom stereocenters. The van der Waals surface area contributed by atoms with Gasteiger partial charge >= 0.3 is 0 Å². The Hall–Kier alpha value is -1.85. The van der Waals surface area contributed by atoms with Gasteiger partial charge in [-0.2, -0.15) is 0 Å². The molecule has 0 amide bonds. The van der Waals surface area contributed by atoms with E-state index in [9.17, 15) is 0 Å². The number of imidazole rings is 1. The highest BCUT2D eigenvalue weighted by Gasteiger charge is 2.06. The molecule has 0 aromatic carbocycles. The SMILES string of the molecule is Cc1nonc1Cn1ccnc1N. The summed E-state index contributed by atoms with van der Waals surface area (Å²) >= 11 is 0. The van der Waals surface area contributed by atoms with Gasteiger partial charge in [0.15, 0.2) is 5.95 Å². The minimum atomic E-state index is 0.461. The number of nitrogens with two attached hydrogens (primary N) is 1. The zero-order valence-electron chi connectivity index (χ0n) is 7.14. The number of hydrogen-bond donors (Lipinski definition) is 1. The zero-order valence-corrected chi connectivity index (χ0v) is 7.14. The molecule has 0 atom stereocenters. The molecule has 0 aliphatic heterocycles. The van der Waals surface area contributed by atoms with Crippen molar-refractivity contribution in [1.29, 1.82) is 0 Å². The molecule has 0 saturated carbocycles. The number of nitrogens with zero attached hydrogens (tertiary/aromatic N) is 4. The Morgan fingerprint density at radius 1 is 1.54 bits per heavy atom. The van der Waals surface area contributed by atoms with Gasteiger partial charge in [-0.25, -0.2) is 9.61 Å². The highest BCUT2D eigenvalue weighted by Crippen LogP contribution is 2.06. The first-order chi connectivity index (χ1) is 6.27. The molecule has 0 saturated heterocycles. The fourth-order valence-electron chi connectivity index (χ4n) is 1.03. The molecule has 2 heterocycles. The van der Waals surface area contributed by atoms with Crippen molar-refractivity contribution in [1.82, 2.24) is 19.9 Å². The molecule has 0 aliphatic carbocycles. The Morgan fingerprint density at radius 2 is 2.38 bits per heavy atom. The van der Waals surface area contributed by atoms with Crippen molar-refractivity contribution >= 4 is 5.95 Å². The maximum atomic E-state index is 5.58. The maximum absolute atomic E-state index is 5.58. The van der Waals surface area contributed by atoms with Gasteiger partial charge in [-0.1, -0.05) is 10.3 Å². The van der Waals surface area contributed by atoms with Crippen LogP contribution < -0.4 is 5.73 Å². The summed E-state index contributed by atoms with van der Waals surface area (Å²) in [5.74, 6) is 0.461. The summed E-state index contributed by atoms with van der Waals surface area (Å²) in [4.78, 5) is 3.89. The number of nitrogen functional groups attached to an aromatic ring is 1. The average molecular weight is 179 g/mol. The molecule has 0 spiro atoms. The quantitative estimate of drug-likeness (QED) is 0.712. The van der Waals surface area contributed by atoms with Gasteiger partial charge in [-0.15, -0.1) is 0 Å². The molecule has 0 bridgehead atoms. The van der Waals surface area contributed by atoms with E-state index in [1.807, 2.05) is 6.92 Å². The lowest BCUT2D eigenvalue weighted by atomic mass is 10.3. The van der Waals surface area contributed by atoms with Crippen LogP contribution >= 0.6 is 0 Å². The first-order valence-electron chi connectivity index (χ1n) is 3.82. The van der Waals surface area contributed by atoms with E-state index in [4.69, 9.17) is 5.73 Å². The van der Waals surface area contributed by atoms with E-state index in [2.05, 4.69) is 19.9 Å². The molecule has 2 rings (SSSR count). The number of anilines is 1. The van der Waals surface area contributed by atoms with Crippen LogP contribution in [-0.2, 0) is 6.54 Å². The Labute approximate surface area is 74.3 Å². The van der Waals surface area contributed by atoms with Crippen molar-refractivity contribution in [3.05, 3.63) is 23.8 Å². The molecular formula is C7H9N5O. The molecule has 13 heavy (non-hydrogen) atoms. The summed E-state index contributed by atoms with van der Waals surface area (Å²) in [5.41, 5.74) is 7.12. The third-order valence-corrected chi connectivity index (χ3v) is 1.81. The second kappa shape index (κ2) is 2.89. The van der Waals surface area contributed by atoms with Crippen LogP contribution in [-0.4, -0.2) is 19.9 Å². The standard InChI is InChI=1S/C7H9N5O/c1-5-6(11-13-10-5)4-12-3-2-9-7(12)8/h2-3H,4H2,1H3,(H2,8,9). The number of aryl methyl sites for hydroxylation is 1. The maximum Gasteiger partial charge on any atom is 0.200 e. The van der Waals surface area contributed by atoms with Crippen LogP contribution in [0, 0.1) is 6.92 Å². The molecule has 6 heteroatoms. The Morgan fingerprint density at radius 3 is 2.92 bits per heavy atom. The molecule has 68 valence electrons. The van der Waals surface area contributed by atoms with Gasteiger partial charge in [0.25, 0.3) is 0 Å².